The molecule has 4 atom stereocenters. The van der Waals surface area contributed by atoms with Crippen LogP contribution >= 0.6 is 0 Å². The summed E-state index contributed by atoms with van der Waals surface area (Å²) >= 11 is 0. The van der Waals surface area contributed by atoms with Crippen molar-refractivity contribution in [1.29, 1.82) is 0 Å². The lowest BCUT2D eigenvalue weighted by Gasteiger charge is -2.41. The van der Waals surface area contributed by atoms with Gasteiger partial charge in [0, 0.05) is 5.56 Å². The fourth-order valence-corrected chi connectivity index (χ4v) is 5.62. The highest BCUT2D eigenvalue weighted by Crippen LogP contribution is 2.48. The van der Waals surface area contributed by atoms with E-state index in [1.54, 1.807) is 6.07 Å². The number of fused-ring (bicyclic) bond motifs is 1. The van der Waals surface area contributed by atoms with E-state index in [0.29, 0.717) is 17.4 Å². The maximum atomic E-state index is 15.0. The molecule has 0 heterocycles. The van der Waals surface area contributed by atoms with Crippen LogP contribution in [0.1, 0.15) is 68.1 Å². The summed E-state index contributed by atoms with van der Waals surface area (Å²) in [7, 11) is 0. The first kappa shape index (κ1) is 24.2. The Morgan fingerprint density at radius 2 is 1.76 bits per heavy atom. The second-order valence-electron chi connectivity index (χ2n) is 9.45. The quantitative estimate of drug-likeness (QED) is 0.322. The molecule has 0 N–H and O–H groups in total. The van der Waals surface area contributed by atoms with E-state index in [1.165, 1.54) is 43.5 Å². The number of hydrogen-bond acceptors (Lipinski definition) is 1. The fourth-order valence-electron chi connectivity index (χ4n) is 5.62. The van der Waals surface area contributed by atoms with Gasteiger partial charge in [-0.05, 0) is 98.9 Å². The molecule has 2 aromatic carbocycles. The third kappa shape index (κ3) is 5.41. The van der Waals surface area contributed by atoms with Crippen LogP contribution in [0.4, 0.5) is 13.2 Å². The Hall–Kier alpha value is -2.93. The predicted octanol–water partition coefficient (Wildman–Crippen LogP) is 7.94. The summed E-state index contributed by atoms with van der Waals surface area (Å²) in [4.78, 5) is 0. The molecule has 1 nitrogen and oxygen atoms in total. The van der Waals surface area contributed by atoms with Gasteiger partial charge in [0.1, 0.15) is 12.4 Å². The summed E-state index contributed by atoms with van der Waals surface area (Å²) in [6, 6.07) is 7.69. The minimum absolute atomic E-state index is 0.0755. The van der Waals surface area contributed by atoms with Crippen molar-refractivity contribution >= 4 is 0 Å². The molecule has 2 fully saturated rings. The summed E-state index contributed by atoms with van der Waals surface area (Å²) in [6.45, 7) is 5.65. The minimum Gasteiger partial charge on any atom is -0.486 e. The Balaban J connectivity index is 1.45. The molecule has 4 rings (SSSR count). The Labute approximate surface area is 200 Å². The molecule has 0 radical (unpaired) electrons. The average Bonchev–Trinajstić information content (AvgIpc) is 2.84. The van der Waals surface area contributed by atoms with Crippen LogP contribution in [0, 0.1) is 47.0 Å². The highest BCUT2D eigenvalue weighted by atomic mass is 19.2. The molecule has 178 valence electrons. The summed E-state index contributed by atoms with van der Waals surface area (Å²) < 4.78 is 48.6. The zero-order chi connectivity index (χ0) is 24.1. The molecule has 0 saturated heterocycles. The third-order valence-electron chi connectivity index (χ3n) is 7.30. The molecule has 0 spiro atoms. The maximum Gasteiger partial charge on any atom is 0.201 e. The van der Waals surface area contributed by atoms with Gasteiger partial charge in [0.2, 0.25) is 5.82 Å². The zero-order valence-corrected chi connectivity index (χ0v) is 19.6. The second kappa shape index (κ2) is 11.0. The van der Waals surface area contributed by atoms with Gasteiger partial charge < -0.3 is 4.74 Å². The Bertz CT molecular complexity index is 1120. The molecule has 2 aliphatic carbocycles. The minimum atomic E-state index is -1.09. The first-order valence-corrected chi connectivity index (χ1v) is 12.2. The van der Waals surface area contributed by atoms with Crippen LogP contribution in [0.25, 0.3) is 0 Å². The van der Waals surface area contributed by atoms with Gasteiger partial charge in [-0.3, -0.25) is 0 Å². The normalized spacial score (nSPS) is 24.2. The van der Waals surface area contributed by atoms with Crippen molar-refractivity contribution < 1.29 is 17.9 Å². The van der Waals surface area contributed by atoms with E-state index in [4.69, 9.17) is 4.74 Å². The lowest BCUT2D eigenvalue weighted by molar-refractivity contribution is 0.132. The second-order valence-corrected chi connectivity index (χ2v) is 9.45. The van der Waals surface area contributed by atoms with Gasteiger partial charge in [0.25, 0.3) is 0 Å². The van der Waals surface area contributed by atoms with E-state index >= 15 is 4.39 Å². The topological polar surface area (TPSA) is 9.23 Å². The molecule has 0 bridgehead atoms. The maximum absolute atomic E-state index is 15.0. The van der Waals surface area contributed by atoms with Gasteiger partial charge in [-0.25, -0.2) is 8.78 Å². The van der Waals surface area contributed by atoms with Crippen LogP contribution < -0.4 is 4.74 Å². The van der Waals surface area contributed by atoms with E-state index in [1.807, 2.05) is 6.07 Å². The Kier molecular flexibility index (Phi) is 7.83. The van der Waals surface area contributed by atoms with Crippen LogP contribution in [0.5, 0.6) is 5.75 Å². The molecule has 2 aliphatic rings. The molecule has 4 heteroatoms. The van der Waals surface area contributed by atoms with Gasteiger partial charge in [0.15, 0.2) is 11.6 Å². The molecular formula is C30H31F3O. The van der Waals surface area contributed by atoms with Crippen LogP contribution in [0.2, 0.25) is 0 Å². The number of rotatable bonds is 5. The van der Waals surface area contributed by atoms with Crippen molar-refractivity contribution in [3.63, 3.8) is 0 Å². The monoisotopic (exact) mass is 464 g/mol. The van der Waals surface area contributed by atoms with Crippen LogP contribution in [-0.4, -0.2) is 6.61 Å². The van der Waals surface area contributed by atoms with Crippen molar-refractivity contribution in [2.45, 2.75) is 51.4 Å². The summed E-state index contributed by atoms with van der Waals surface area (Å²) in [5, 5.41) is 0. The molecule has 2 saturated carbocycles. The predicted molar refractivity (Wildman–Crippen MR) is 130 cm³/mol. The van der Waals surface area contributed by atoms with Gasteiger partial charge in [-0.2, -0.15) is 4.39 Å². The summed E-state index contributed by atoms with van der Waals surface area (Å²) in [5.74, 6) is 5.12. The van der Waals surface area contributed by atoms with Crippen molar-refractivity contribution in [3.8, 4) is 17.6 Å². The first-order chi connectivity index (χ1) is 16.5. The van der Waals surface area contributed by atoms with Crippen molar-refractivity contribution in [1.82, 2.24) is 0 Å². The molecule has 0 aromatic heterocycles. The van der Waals surface area contributed by atoms with E-state index < -0.39 is 11.6 Å². The van der Waals surface area contributed by atoms with E-state index in [0.717, 1.165) is 30.7 Å². The van der Waals surface area contributed by atoms with E-state index in [-0.39, 0.29) is 29.7 Å². The standard InChI is InChI=1S/C30H31F3O/c1-3-5-20-7-10-24-19-25(12-11-23(24)17-20)26-14-8-21(18-27(26)31)6-9-22-13-15-28(34-16-4-2)30(33)29(22)32/h3-5,8,13-15,18,20,23-25H,2,7,10-12,16-17,19H2,1H3/b5-3+. The molecule has 34 heavy (non-hydrogen) atoms. The molecule has 2 aromatic rings. The Morgan fingerprint density at radius 1 is 0.971 bits per heavy atom. The summed E-state index contributed by atoms with van der Waals surface area (Å²) in [5.41, 5.74) is 1.09. The van der Waals surface area contributed by atoms with Gasteiger partial charge in [0.05, 0.1) is 5.56 Å². The molecule has 0 aliphatic heterocycles. The highest BCUT2D eigenvalue weighted by Gasteiger charge is 2.36. The highest BCUT2D eigenvalue weighted by molar-refractivity contribution is 5.46. The third-order valence-corrected chi connectivity index (χ3v) is 7.30. The molecular weight excluding hydrogens is 433 g/mol. The zero-order valence-electron chi connectivity index (χ0n) is 19.6. The summed E-state index contributed by atoms with van der Waals surface area (Å²) in [6.07, 6.45) is 12.9. The van der Waals surface area contributed by atoms with Gasteiger partial charge >= 0.3 is 0 Å². The number of hydrogen-bond donors (Lipinski definition) is 0. The van der Waals surface area contributed by atoms with E-state index in [2.05, 4.69) is 37.5 Å². The van der Waals surface area contributed by atoms with Crippen LogP contribution in [0.15, 0.2) is 55.1 Å². The number of benzene rings is 2. The van der Waals surface area contributed by atoms with Crippen molar-refractivity contribution in [3.05, 3.63) is 89.3 Å². The smallest absolute Gasteiger partial charge is 0.201 e. The van der Waals surface area contributed by atoms with Crippen LogP contribution in [-0.2, 0) is 0 Å². The van der Waals surface area contributed by atoms with Crippen molar-refractivity contribution in [2.24, 2.45) is 17.8 Å². The van der Waals surface area contributed by atoms with Gasteiger partial charge in [-0.1, -0.05) is 42.7 Å². The number of allylic oxidation sites excluding steroid dienone is 2. The first-order valence-electron chi connectivity index (χ1n) is 12.2. The number of ether oxygens (including phenoxy) is 1. The van der Waals surface area contributed by atoms with E-state index in [9.17, 15) is 8.78 Å². The molecule has 4 unspecified atom stereocenters. The SMILES string of the molecule is C=CCOc1ccc(C#Cc2ccc(C3CCC4CC(/C=C/C)CCC4C3)c(F)c2)c(F)c1F. The lowest BCUT2D eigenvalue weighted by atomic mass is 9.64. The Morgan fingerprint density at radius 3 is 2.53 bits per heavy atom. The van der Waals surface area contributed by atoms with Crippen molar-refractivity contribution in [2.75, 3.05) is 6.61 Å². The average molecular weight is 465 g/mol. The van der Waals surface area contributed by atoms with Crippen LogP contribution in [0.3, 0.4) is 0 Å². The largest absolute Gasteiger partial charge is 0.486 e. The lowest BCUT2D eigenvalue weighted by Crippen LogP contribution is -2.30. The molecule has 0 amide bonds. The fraction of sp³-hybridized carbons (Fsp3) is 0.400. The number of halogens is 3. The van der Waals surface area contributed by atoms with Gasteiger partial charge in [-0.15, -0.1) is 0 Å².